The van der Waals surface area contributed by atoms with Gasteiger partial charge < -0.3 is 10.6 Å². The predicted octanol–water partition coefficient (Wildman–Crippen LogP) is 5.31. The molecule has 0 saturated heterocycles. The summed E-state index contributed by atoms with van der Waals surface area (Å²) in [6.07, 6.45) is 1.58. The Balaban J connectivity index is 1.79. The van der Waals surface area contributed by atoms with E-state index in [-0.39, 0.29) is 5.95 Å². The maximum Gasteiger partial charge on any atom is 0.229 e. The lowest BCUT2D eigenvalue weighted by atomic mass is 10.2. The van der Waals surface area contributed by atoms with Gasteiger partial charge in [0.05, 0.1) is 0 Å². The van der Waals surface area contributed by atoms with Crippen LogP contribution in [-0.2, 0) is 0 Å². The van der Waals surface area contributed by atoms with E-state index in [1.54, 1.807) is 12.3 Å². The molecule has 0 atom stereocenters. The van der Waals surface area contributed by atoms with Crippen molar-refractivity contribution in [2.75, 3.05) is 10.6 Å². The molecule has 0 unspecified atom stereocenters. The summed E-state index contributed by atoms with van der Waals surface area (Å²) >= 11 is 3.42. The highest BCUT2D eigenvalue weighted by Crippen LogP contribution is 2.24. The molecule has 3 rings (SSSR count). The molecule has 24 heavy (non-hydrogen) atoms. The highest BCUT2D eigenvalue weighted by Gasteiger charge is 2.06. The minimum atomic E-state index is -0.931. The Morgan fingerprint density at radius 2 is 1.79 bits per heavy atom. The summed E-state index contributed by atoms with van der Waals surface area (Å²) in [5, 5.41) is 6.05. The highest BCUT2D eigenvalue weighted by molar-refractivity contribution is 9.10. The largest absolute Gasteiger partial charge is 0.340 e. The van der Waals surface area contributed by atoms with Gasteiger partial charge in [0, 0.05) is 28.1 Å². The smallest absolute Gasteiger partial charge is 0.229 e. The number of rotatable bonds is 4. The molecular formula is C17H13BrF2N4. The van der Waals surface area contributed by atoms with Gasteiger partial charge in [0.1, 0.15) is 5.82 Å². The molecule has 0 amide bonds. The third kappa shape index (κ3) is 3.86. The van der Waals surface area contributed by atoms with Crippen LogP contribution in [0.5, 0.6) is 0 Å². The van der Waals surface area contributed by atoms with Crippen molar-refractivity contribution in [2.45, 2.75) is 6.92 Å². The molecular weight excluding hydrogens is 378 g/mol. The zero-order valence-electron chi connectivity index (χ0n) is 12.6. The lowest BCUT2D eigenvalue weighted by Gasteiger charge is -2.11. The first-order valence-electron chi connectivity index (χ1n) is 7.09. The summed E-state index contributed by atoms with van der Waals surface area (Å²) in [7, 11) is 0. The zero-order chi connectivity index (χ0) is 17.1. The van der Waals surface area contributed by atoms with E-state index in [4.69, 9.17) is 0 Å². The Hall–Kier alpha value is -2.54. The number of aromatic nitrogens is 2. The number of anilines is 4. The van der Waals surface area contributed by atoms with E-state index in [1.807, 2.05) is 25.1 Å². The first-order chi connectivity index (χ1) is 11.5. The zero-order valence-corrected chi connectivity index (χ0v) is 14.2. The summed E-state index contributed by atoms with van der Waals surface area (Å²) in [4.78, 5) is 8.40. The molecule has 1 heterocycles. The van der Waals surface area contributed by atoms with Crippen LogP contribution in [-0.4, -0.2) is 9.97 Å². The van der Waals surface area contributed by atoms with Crippen LogP contribution < -0.4 is 10.6 Å². The quantitative estimate of drug-likeness (QED) is 0.633. The number of hydrogen-bond donors (Lipinski definition) is 2. The van der Waals surface area contributed by atoms with E-state index >= 15 is 0 Å². The van der Waals surface area contributed by atoms with E-state index in [1.165, 1.54) is 6.07 Å². The van der Waals surface area contributed by atoms with E-state index in [9.17, 15) is 8.78 Å². The molecule has 3 aromatic rings. The first kappa shape index (κ1) is 16.3. The topological polar surface area (TPSA) is 49.8 Å². The standard InChI is InChI=1S/C17H13BrF2N4/c1-10-8-11(18)2-5-15(10)23-16-6-7-21-17(24-16)22-12-3-4-13(19)14(20)9-12/h2-9H,1H3,(H2,21,22,23,24). The lowest BCUT2D eigenvalue weighted by molar-refractivity contribution is 0.509. The molecule has 0 spiro atoms. The van der Waals surface area contributed by atoms with E-state index in [0.29, 0.717) is 11.5 Å². The van der Waals surface area contributed by atoms with Gasteiger partial charge in [-0.2, -0.15) is 4.98 Å². The van der Waals surface area contributed by atoms with Gasteiger partial charge in [0.2, 0.25) is 5.95 Å². The second kappa shape index (κ2) is 6.92. The normalized spacial score (nSPS) is 10.5. The van der Waals surface area contributed by atoms with Gasteiger partial charge in [0.15, 0.2) is 11.6 Å². The van der Waals surface area contributed by atoms with Gasteiger partial charge in [-0.05, 0) is 48.9 Å². The van der Waals surface area contributed by atoms with Gasteiger partial charge in [-0.1, -0.05) is 15.9 Å². The molecule has 0 fully saturated rings. The summed E-state index contributed by atoms with van der Waals surface area (Å²) in [6.45, 7) is 1.98. The number of aryl methyl sites for hydroxylation is 1. The maximum absolute atomic E-state index is 13.3. The summed E-state index contributed by atoms with van der Waals surface area (Å²) in [6, 6.07) is 11.1. The Morgan fingerprint density at radius 1 is 0.958 bits per heavy atom. The molecule has 2 N–H and O–H groups in total. The highest BCUT2D eigenvalue weighted by atomic mass is 79.9. The van der Waals surface area contributed by atoms with E-state index in [2.05, 4.69) is 36.5 Å². The van der Waals surface area contributed by atoms with E-state index in [0.717, 1.165) is 27.9 Å². The van der Waals surface area contributed by atoms with Crippen LogP contribution in [0.4, 0.5) is 31.9 Å². The van der Waals surface area contributed by atoms with Crippen molar-refractivity contribution in [1.29, 1.82) is 0 Å². The van der Waals surface area contributed by atoms with Crippen molar-refractivity contribution in [3.05, 3.63) is 70.3 Å². The molecule has 0 aliphatic rings. The molecule has 0 saturated carbocycles. The molecule has 4 nitrogen and oxygen atoms in total. The molecule has 0 radical (unpaired) electrons. The number of nitrogens with zero attached hydrogens (tertiary/aromatic N) is 2. The molecule has 0 aliphatic heterocycles. The van der Waals surface area contributed by atoms with Crippen molar-refractivity contribution < 1.29 is 8.78 Å². The SMILES string of the molecule is Cc1cc(Br)ccc1Nc1ccnc(Nc2ccc(F)c(F)c2)n1. The Labute approximate surface area is 146 Å². The Bertz CT molecular complexity index is 886. The number of halogens is 3. The third-order valence-corrected chi connectivity index (χ3v) is 3.78. The first-order valence-corrected chi connectivity index (χ1v) is 7.89. The molecule has 1 aromatic heterocycles. The average molecular weight is 391 g/mol. The lowest BCUT2D eigenvalue weighted by Crippen LogP contribution is -2.01. The predicted molar refractivity (Wildman–Crippen MR) is 93.8 cm³/mol. The minimum absolute atomic E-state index is 0.278. The van der Waals surface area contributed by atoms with Crippen LogP contribution in [0.3, 0.4) is 0 Å². The Kier molecular flexibility index (Phi) is 4.71. The second-order valence-electron chi connectivity index (χ2n) is 5.10. The molecule has 0 bridgehead atoms. The third-order valence-electron chi connectivity index (χ3n) is 3.28. The van der Waals surface area contributed by atoms with Crippen LogP contribution in [0, 0.1) is 18.6 Å². The van der Waals surface area contributed by atoms with Crippen molar-refractivity contribution >= 4 is 39.1 Å². The van der Waals surface area contributed by atoms with E-state index < -0.39 is 11.6 Å². The van der Waals surface area contributed by atoms with Crippen LogP contribution in [0.1, 0.15) is 5.56 Å². The number of nitrogens with one attached hydrogen (secondary N) is 2. The average Bonchev–Trinajstić information content (AvgIpc) is 2.54. The van der Waals surface area contributed by atoms with Crippen molar-refractivity contribution in [3.8, 4) is 0 Å². The molecule has 0 aliphatic carbocycles. The second-order valence-corrected chi connectivity index (χ2v) is 6.02. The summed E-state index contributed by atoms with van der Waals surface area (Å²) in [5.41, 5.74) is 2.33. The van der Waals surface area contributed by atoms with Gasteiger partial charge in [0.25, 0.3) is 0 Å². The van der Waals surface area contributed by atoms with Gasteiger partial charge >= 0.3 is 0 Å². The maximum atomic E-state index is 13.3. The van der Waals surface area contributed by atoms with Crippen LogP contribution in [0.25, 0.3) is 0 Å². The fraction of sp³-hybridized carbons (Fsp3) is 0.0588. The number of hydrogen-bond acceptors (Lipinski definition) is 4. The van der Waals surface area contributed by atoms with Crippen LogP contribution in [0.2, 0.25) is 0 Å². The Morgan fingerprint density at radius 3 is 2.54 bits per heavy atom. The van der Waals surface area contributed by atoms with Gasteiger partial charge in [-0.3, -0.25) is 0 Å². The van der Waals surface area contributed by atoms with Crippen molar-refractivity contribution in [3.63, 3.8) is 0 Å². The van der Waals surface area contributed by atoms with Crippen molar-refractivity contribution in [2.24, 2.45) is 0 Å². The molecule has 122 valence electrons. The fourth-order valence-electron chi connectivity index (χ4n) is 2.10. The van der Waals surface area contributed by atoms with Gasteiger partial charge in [-0.25, -0.2) is 13.8 Å². The number of benzene rings is 2. The monoisotopic (exact) mass is 390 g/mol. The van der Waals surface area contributed by atoms with Crippen LogP contribution >= 0.6 is 15.9 Å². The summed E-state index contributed by atoms with van der Waals surface area (Å²) < 4.78 is 27.2. The molecule has 2 aromatic carbocycles. The summed E-state index contributed by atoms with van der Waals surface area (Å²) in [5.74, 6) is -0.969. The van der Waals surface area contributed by atoms with Crippen molar-refractivity contribution in [1.82, 2.24) is 9.97 Å². The van der Waals surface area contributed by atoms with Gasteiger partial charge in [-0.15, -0.1) is 0 Å². The molecule has 7 heteroatoms. The fourth-order valence-corrected chi connectivity index (χ4v) is 2.57. The minimum Gasteiger partial charge on any atom is -0.340 e. The van der Waals surface area contributed by atoms with Crippen LogP contribution in [0.15, 0.2) is 53.1 Å².